The molecular weight excluding hydrogens is 224 g/mol. The first-order chi connectivity index (χ1) is 7.65. The smallest absolute Gasteiger partial charge is 0.376 e. The Morgan fingerprint density at radius 3 is 2.38 bits per heavy atom. The lowest BCUT2D eigenvalue weighted by molar-refractivity contribution is 0.125. The van der Waals surface area contributed by atoms with Crippen molar-refractivity contribution in [2.24, 2.45) is 4.99 Å². The van der Waals surface area contributed by atoms with Gasteiger partial charge in [0.25, 0.3) is 0 Å². The Bertz CT molecular complexity index is 236. The van der Waals surface area contributed by atoms with Gasteiger partial charge in [0, 0.05) is 33.6 Å². The van der Waals surface area contributed by atoms with Gasteiger partial charge in [0.05, 0.1) is 0 Å². The van der Waals surface area contributed by atoms with Crippen LogP contribution in [0.4, 0.5) is 0 Å². The van der Waals surface area contributed by atoms with Crippen LogP contribution < -0.4 is 0 Å². The molecule has 0 aliphatic carbocycles. The molecule has 1 fully saturated rings. The SMILES string of the molecule is CO[Si](CN=C1CCCN(C)C1)(OC)OC. The molecular formula is C10H22N2O3Si. The maximum absolute atomic E-state index is 5.33. The number of hydrogen-bond donors (Lipinski definition) is 0. The number of nitrogens with zero attached hydrogens (tertiary/aromatic N) is 2. The van der Waals surface area contributed by atoms with Crippen molar-refractivity contribution in [2.45, 2.75) is 12.8 Å². The third kappa shape index (κ3) is 3.64. The molecule has 0 N–H and O–H groups in total. The van der Waals surface area contributed by atoms with Gasteiger partial charge in [-0.25, -0.2) is 0 Å². The van der Waals surface area contributed by atoms with E-state index in [1.807, 2.05) is 0 Å². The lowest BCUT2D eigenvalue weighted by atomic mass is 10.1. The van der Waals surface area contributed by atoms with Gasteiger partial charge in [-0.05, 0) is 26.4 Å². The molecule has 1 rings (SSSR count). The Morgan fingerprint density at radius 1 is 1.25 bits per heavy atom. The summed E-state index contributed by atoms with van der Waals surface area (Å²) in [5.41, 5.74) is 1.22. The highest BCUT2D eigenvalue weighted by Gasteiger charge is 2.37. The van der Waals surface area contributed by atoms with Crippen LogP contribution in [0.3, 0.4) is 0 Å². The molecule has 0 atom stereocenters. The van der Waals surface area contributed by atoms with E-state index in [0.29, 0.717) is 6.17 Å². The van der Waals surface area contributed by atoms with Gasteiger partial charge in [0.2, 0.25) is 0 Å². The first-order valence-corrected chi connectivity index (χ1v) is 7.45. The molecule has 0 amide bonds. The minimum absolute atomic E-state index is 0.514. The van der Waals surface area contributed by atoms with Crippen LogP contribution in [0.1, 0.15) is 12.8 Å². The van der Waals surface area contributed by atoms with Crippen LogP contribution in [0.2, 0.25) is 0 Å². The summed E-state index contributed by atoms with van der Waals surface area (Å²) in [4.78, 5) is 6.86. The molecule has 94 valence electrons. The first-order valence-electron chi connectivity index (χ1n) is 5.52. The van der Waals surface area contributed by atoms with E-state index in [1.165, 1.54) is 12.1 Å². The lowest BCUT2D eigenvalue weighted by Crippen LogP contribution is -2.47. The molecule has 6 heteroatoms. The van der Waals surface area contributed by atoms with Crippen molar-refractivity contribution < 1.29 is 13.3 Å². The predicted octanol–water partition coefficient (Wildman–Crippen LogP) is 0.570. The van der Waals surface area contributed by atoms with Crippen LogP contribution in [0.15, 0.2) is 4.99 Å². The lowest BCUT2D eigenvalue weighted by Gasteiger charge is -2.26. The van der Waals surface area contributed by atoms with Crippen molar-refractivity contribution in [1.82, 2.24) is 4.90 Å². The molecule has 0 aromatic rings. The topological polar surface area (TPSA) is 43.3 Å². The van der Waals surface area contributed by atoms with Crippen molar-refractivity contribution in [3.05, 3.63) is 0 Å². The zero-order chi connectivity index (χ0) is 12.0. The molecule has 0 aromatic carbocycles. The van der Waals surface area contributed by atoms with E-state index in [0.717, 1.165) is 19.5 Å². The zero-order valence-corrected chi connectivity index (χ0v) is 11.7. The van der Waals surface area contributed by atoms with E-state index in [2.05, 4.69) is 16.9 Å². The summed E-state index contributed by atoms with van der Waals surface area (Å²) in [5.74, 6) is 0. The zero-order valence-electron chi connectivity index (χ0n) is 10.7. The van der Waals surface area contributed by atoms with E-state index in [1.54, 1.807) is 21.3 Å². The van der Waals surface area contributed by atoms with Crippen molar-refractivity contribution in [2.75, 3.05) is 47.6 Å². The van der Waals surface area contributed by atoms with Gasteiger partial charge in [0.15, 0.2) is 0 Å². The van der Waals surface area contributed by atoms with Crippen LogP contribution in [0.5, 0.6) is 0 Å². The second-order valence-electron chi connectivity index (χ2n) is 4.02. The second kappa shape index (κ2) is 6.46. The van der Waals surface area contributed by atoms with Crippen LogP contribution in [0.25, 0.3) is 0 Å². The summed E-state index contributed by atoms with van der Waals surface area (Å²) in [6.45, 7) is 2.10. The van der Waals surface area contributed by atoms with Gasteiger partial charge in [0.1, 0.15) is 6.17 Å². The van der Waals surface area contributed by atoms with Crippen LogP contribution in [-0.4, -0.2) is 67.1 Å². The minimum Gasteiger partial charge on any atom is -0.376 e. The summed E-state index contributed by atoms with van der Waals surface area (Å²) in [6, 6.07) is 0. The van der Waals surface area contributed by atoms with Gasteiger partial charge in [-0.2, -0.15) is 0 Å². The van der Waals surface area contributed by atoms with E-state index in [9.17, 15) is 0 Å². The Balaban J connectivity index is 2.55. The highest BCUT2D eigenvalue weighted by atomic mass is 28.4. The highest BCUT2D eigenvalue weighted by molar-refractivity contribution is 6.61. The summed E-state index contributed by atoms with van der Waals surface area (Å²) < 4.78 is 16.0. The van der Waals surface area contributed by atoms with E-state index >= 15 is 0 Å². The third-order valence-corrected chi connectivity index (χ3v) is 5.30. The Labute approximate surface area is 98.8 Å². The molecule has 1 heterocycles. The molecule has 0 unspecified atom stereocenters. The van der Waals surface area contributed by atoms with Gasteiger partial charge in [-0.1, -0.05) is 0 Å². The van der Waals surface area contributed by atoms with Crippen LogP contribution in [0, 0.1) is 0 Å². The van der Waals surface area contributed by atoms with Gasteiger partial charge in [-0.3, -0.25) is 4.99 Å². The van der Waals surface area contributed by atoms with Crippen LogP contribution >= 0.6 is 0 Å². The van der Waals surface area contributed by atoms with Crippen LogP contribution in [-0.2, 0) is 13.3 Å². The monoisotopic (exact) mass is 246 g/mol. The van der Waals surface area contributed by atoms with Gasteiger partial charge >= 0.3 is 8.80 Å². The predicted molar refractivity (Wildman–Crippen MR) is 65.8 cm³/mol. The first kappa shape index (κ1) is 13.8. The molecule has 1 aliphatic rings. The molecule has 0 spiro atoms. The molecule has 0 bridgehead atoms. The normalized spacial score (nSPS) is 21.6. The van der Waals surface area contributed by atoms with Crippen molar-refractivity contribution in [3.8, 4) is 0 Å². The average molecular weight is 246 g/mol. The fraction of sp³-hybridized carbons (Fsp3) is 0.900. The van der Waals surface area contributed by atoms with Gasteiger partial charge in [-0.15, -0.1) is 0 Å². The average Bonchev–Trinajstić information content (AvgIpc) is 2.32. The third-order valence-electron chi connectivity index (χ3n) is 2.89. The Hall–Kier alpha value is -0.273. The minimum atomic E-state index is -2.53. The maximum Gasteiger partial charge on any atom is 0.522 e. The van der Waals surface area contributed by atoms with E-state index in [4.69, 9.17) is 13.3 Å². The molecule has 5 nitrogen and oxygen atoms in total. The fourth-order valence-corrected chi connectivity index (χ4v) is 3.11. The quantitative estimate of drug-likeness (QED) is 0.665. The summed E-state index contributed by atoms with van der Waals surface area (Å²) in [7, 11) is 4.44. The summed E-state index contributed by atoms with van der Waals surface area (Å²) in [6.07, 6.45) is 2.77. The molecule has 0 aromatic heterocycles. The molecule has 0 saturated carbocycles. The van der Waals surface area contributed by atoms with Crippen molar-refractivity contribution in [3.63, 3.8) is 0 Å². The number of likely N-dealkylation sites (tertiary alicyclic amines) is 1. The Morgan fingerprint density at radius 2 is 1.88 bits per heavy atom. The van der Waals surface area contributed by atoms with Gasteiger partial charge < -0.3 is 18.2 Å². The summed E-state index contributed by atoms with van der Waals surface area (Å²) in [5, 5.41) is 0. The van der Waals surface area contributed by atoms with E-state index < -0.39 is 8.80 Å². The molecule has 1 aliphatic heterocycles. The van der Waals surface area contributed by atoms with Crippen molar-refractivity contribution in [1.29, 1.82) is 0 Å². The second-order valence-corrected chi connectivity index (χ2v) is 6.93. The van der Waals surface area contributed by atoms with E-state index in [-0.39, 0.29) is 0 Å². The molecule has 0 radical (unpaired) electrons. The Kier molecular flexibility index (Phi) is 5.57. The maximum atomic E-state index is 5.33. The number of aliphatic imine (C=N–C) groups is 1. The number of rotatable bonds is 5. The molecule has 16 heavy (non-hydrogen) atoms. The number of piperidine rings is 1. The largest absolute Gasteiger partial charge is 0.522 e. The fourth-order valence-electron chi connectivity index (χ4n) is 1.80. The summed E-state index contributed by atoms with van der Waals surface area (Å²) >= 11 is 0. The highest BCUT2D eigenvalue weighted by Crippen LogP contribution is 2.09. The standard InChI is InChI=1S/C10H22N2O3Si/c1-12-7-5-6-10(8-12)11-9-16(13-2,14-3)15-4/h5-9H2,1-4H3. The molecule has 1 saturated heterocycles. The number of hydrogen-bond acceptors (Lipinski definition) is 5. The van der Waals surface area contributed by atoms with Crippen molar-refractivity contribution >= 4 is 14.5 Å².